The van der Waals surface area contributed by atoms with Gasteiger partial charge in [0.15, 0.2) is 0 Å². The predicted molar refractivity (Wildman–Crippen MR) is 85.7 cm³/mol. The van der Waals surface area contributed by atoms with E-state index < -0.39 is 0 Å². The minimum atomic E-state index is 0. The third-order valence-corrected chi connectivity index (χ3v) is 4.57. The van der Waals surface area contributed by atoms with Crippen LogP contribution in [0.2, 0.25) is 5.02 Å². The number of amides is 1. The summed E-state index contributed by atoms with van der Waals surface area (Å²) >= 11 is 5.95. The largest absolute Gasteiger partial charge is 0.496 e. The van der Waals surface area contributed by atoms with Gasteiger partial charge >= 0.3 is 0 Å². The Morgan fingerprint density at radius 1 is 1.43 bits per heavy atom. The summed E-state index contributed by atoms with van der Waals surface area (Å²) in [5, 5.41) is 4.09. The summed E-state index contributed by atoms with van der Waals surface area (Å²) < 4.78 is 5.28. The lowest BCUT2D eigenvalue weighted by Crippen LogP contribution is -2.46. The molecule has 2 saturated heterocycles. The molecule has 6 heteroatoms. The monoisotopic (exact) mass is 330 g/mol. The number of nitrogens with zero attached hydrogens (tertiary/aromatic N) is 1. The maximum Gasteiger partial charge on any atom is 0.257 e. The average Bonchev–Trinajstić information content (AvgIpc) is 2.93. The average molecular weight is 331 g/mol. The number of carbonyl (C=O) groups excluding carboxylic acids is 1. The van der Waals surface area contributed by atoms with Crippen LogP contribution in [0.5, 0.6) is 5.75 Å². The van der Waals surface area contributed by atoms with Crippen LogP contribution in [0, 0.1) is 5.92 Å². The number of fused-ring (bicyclic) bond motifs is 1. The maximum absolute atomic E-state index is 12.7. The van der Waals surface area contributed by atoms with Crippen molar-refractivity contribution < 1.29 is 9.53 Å². The Morgan fingerprint density at radius 3 is 3.00 bits per heavy atom. The number of piperidine rings is 1. The smallest absolute Gasteiger partial charge is 0.257 e. The molecule has 3 rings (SSSR count). The normalized spacial score (nSPS) is 24.2. The third kappa shape index (κ3) is 3.28. The molecule has 1 amide bonds. The number of carbonyl (C=O) groups is 1. The Balaban J connectivity index is 0.00000161. The molecule has 0 saturated carbocycles. The van der Waals surface area contributed by atoms with Crippen LogP contribution in [0.15, 0.2) is 18.2 Å². The molecule has 2 atom stereocenters. The van der Waals surface area contributed by atoms with Crippen molar-refractivity contribution in [2.75, 3.05) is 26.7 Å². The lowest BCUT2D eigenvalue weighted by atomic mass is 9.93. The van der Waals surface area contributed by atoms with E-state index in [1.54, 1.807) is 25.3 Å². The van der Waals surface area contributed by atoms with Gasteiger partial charge in [-0.05, 0) is 43.5 Å². The molecule has 0 aromatic heterocycles. The summed E-state index contributed by atoms with van der Waals surface area (Å²) in [6.45, 7) is 2.71. The van der Waals surface area contributed by atoms with Gasteiger partial charge in [-0.15, -0.1) is 12.4 Å². The summed E-state index contributed by atoms with van der Waals surface area (Å²) in [7, 11) is 1.57. The zero-order chi connectivity index (χ0) is 14.1. The predicted octanol–water partition coefficient (Wildman–Crippen LogP) is 2.59. The quantitative estimate of drug-likeness (QED) is 0.906. The van der Waals surface area contributed by atoms with Crippen LogP contribution in [0.4, 0.5) is 0 Å². The molecule has 2 heterocycles. The van der Waals surface area contributed by atoms with Gasteiger partial charge in [0.25, 0.3) is 5.91 Å². The second kappa shape index (κ2) is 6.86. The zero-order valence-corrected chi connectivity index (χ0v) is 13.5. The highest BCUT2D eigenvalue weighted by molar-refractivity contribution is 6.30. The van der Waals surface area contributed by atoms with Gasteiger partial charge in [-0.2, -0.15) is 0 Å². The van der Waals surface area contributed by atoms with Gasteiger partial charge in [-0.25, -0.2) is 0 Å². The van der Waals surface area contributed by atoms with Crippen molar-refractivity contribution in [3.8, 4) is 5.75 Å². The van der Waals surface area contributed by atoms with Crippen molar-refractivity contribution in [1.82, 2.24) is 10.2 Å². The van der Waals surface area contributed by atoms with Gasteiger partial charge in [0.1, 0.15) is 5.75 Å². The summed E-state index contributed by atoms with van der Waals surface area (Å²) in [5.74, 6) is 1.18. The molecule has 1 aromatic carbocycles. The highest BCUT2D eigenvalue weighted by Crippen LogP contribution is 2.29. The van der Waals surface area contributed by atoms with Crippen LogP contribution in [0.3, 0.4) is 0 Å². The standard InChI is InChI=1S/C15H19ClN2O2.ClH/c1-20-14-8-11(16)2-3-12(14)15(19)18-7-5-13-10(9-18)4-6-17-13;/h2-3,8,10,13,17H,4-7,9H2,1H3;1H. The van der Waals surface area contributed by atoms with E-state index in [1.165, 1.54) is 0 Å². The lowest BCUT2D eigenvalue weighted by molar-refractivity contribution is 0.0658. The highest BCUT2D eigenvalue weighted by Gasteiger charge is 2.35. The summed E-state index contributed by atoms with van der Waals surface area (Å²) in [5.41, 5.74) is 0.598. The minimum absolute atomic E-state index is 0. The number of hydrogen-bond donors (Lipinski definition) is 1. The van der Waals surface area contributed by atoms with Gasteiger partial charge in [-0.3, -0.25) is 4.79 Å². The Kier molecular flexibility index (Phi) is 5.36. The molecule has 1 N–H and O–H groups in total. The van der Waals surface area contributed by atoms with E-state index in [-0.39, 0.29) is 18.3 Å². The number of benzene rings is 1. The summed E-state index contributed by atoms with van der Waals surface area (Å²) in [4.78, 5) is 14.6. The van der Waals surface area contributed by atoms with Gasteiger partial charge in [0.2, 0.25) is 0 Å². The number of likely N-dealkylation sites (tertiary alicyclic amines) is 1. The fraction of sp³-hybridized carbons (Fsp3) is 0.533. The van der Waals surface area contributed by atoms with Gasteiger partial charge in [0.05, 0.1) is 12.7 Å². The van der Waals surface area contributed by atoms with Crippen LogP contribution in [-0.4, -0.2) is 43.6 Å². The SMILES string of the molecule is COc1cc(Cl)ccc1C(=O)N1CCC2NCCC2C1.Cl. The van der Waals surface area contributed by atoms with Crippen LogP contribution in [0.1, 0.15) is 23.2 Å². The van der Waals surface area contributed by atoms with Crippen molar-refractivity contribution in [3.63, 3.8) is 0 Å². The molecule has 2 aliphatic heterocycles. The molecule has 1 aromatic rings. The second-order valence-corrected chi connectivity index (χ2v) is 5.93. The summed E-state index contributed by atoms with van der Waals surface area (Å²) in [6, 6.07) is 5.77. The van der Waals surface area contributed by atoms with E-state index in [4.69, 9.17) is 16.3 Å². The zero-order valence-electron chi connectivity index (χ0n) is 12.0. The van der Waals surface area contributed by atoms with Crippen molar-refractivity contribution in [3.05, 3.63) is 28.8 Å². The number of methoxy groups -OCH3 is 1. The molecular formula is C15H20Cl2N2O2. The topological polar surface area (TPSA) is 41.6 Å². The third-order valence-electron chi connectivity index (χ3n) is 4.34. The first-order chi connectivity index (χ1) is 9.69. The first-order valence-electron chi connectivity index (χ1n) is 7.05. The molecular weight excluding hydrogens is 311 g/mol. The molecule has 0 spiro atoms. The lowest BCUT2D eigenvalue weighted by Gasteiger charge is -2.35. The Hall–Kier alpha value is -0.970. The Morgan fingerprint density at radius 2 is 2.24 bits per heavy atom. The maximum atomic E-state index is 12.7. The summed E-state index contributed by atoms with van der Waals surface area (Å²) in [6.07, 6.45) is 2.19. The van der Waals surface area contributed by atoms with Crippen LogP contribution < -0.4 is 10.1 Å². The molecule has 0 aliphatic carbocycles. The van der Waals surface area contributed by atoms with E-state index in [2.05, 4.69) is 5.32 Å². The molecule has 21 heavy (non-hydrogen) atoms. The first kappa shape index (κ1) is 16.4. The van der Waals surface area contributed by atoms with E-state index in [1.807, 2.05) is 4.90 Å². The minimum Gasteiger partial charge on any atom is -0.496 e. The van der Waals surface area contributed by atoms with Crippen LogP contribution in [-0.2, 0) is 0 Å². The van der Waals surface area contributed by atoms with Crippen LogP contribution >= 0.6 is 24.0 Å². The van der Waals surface area contributed by atoms with Gasteiger partial charge in [0, 0.05) is 24.2 Å². The van der Waals surface area contributed by atoms with Crippen molar-refractivity contribution in [1.29, 1.82) is 0 Å². The Bertz CT molecular complexity index is 524. The number of nitrogens with one attached hydrogen (secondary N) is 1. The van der Waals surface area contributed by atoms with Crippen molar-refractivity contribution >= 4 is 29.9 Å². The van der Waals surface area contributed by atoms with E-state index in [0.29, 0.717) is 28.3 Å². The molecule has 2 aliphatic rings. The molecule has 0 radical (unpaired) electrons. The first-order valence-corrected chi connectivity index (χ1v) is 7.43. The Labute approximate surface area is 136 Å². The van der Waals surface area contributed by atoms with Crippen LogP contribution in [0.25, 0.3) is 0 Å². The van der Waals surface area contributed by atoms with Gasteiger partial charge < -0.3 is 15.0 Å². The van der Waals surface area contributed by atoms with Gasteiger partial charge in [-0.1, -0.05) is 11.6 Å². The number of hydrogen-bond acceptors (Lipinski definition) is 3. The van der Waals surface area contributed by atoms with E-state index in [0.717, 1.165) is 32.5 Å². The van der Waals surface area contributed by atoms with Crippen molar-refractivity contribution in [2.45, 2.75) is 18.9 Å². The molecule has 116 valence electrons. The highest BCUT2D eigenvalue weighted by atomic mass is 35.5. The molecule has 0 bridgehead atoms. The number of rotatable bonds is 2. The van der Waals surface area contributed by atoms with E-state index in [9.17, 15) is 4.79 Å². The number of ether oxygens (including phenoxy) is 1. The van der Waals surface area contributed by atoms with Crippen molar-refractivity contribution in [2.24, 2.45) is 5.92 Å². The fourth-order valence-electron chi connectivity index (χ4n) is 3.24. The fourth-order valence-corrected chi connectivity index (χ4v) is 3.41. The van der Waals surface area contributed by atoms with E-state index >= 15 is 0 Å². The molecule has 2 unspecified atom stereocenters. The number of halogens is 2. The second-order valence-electron chi connectivity index (χ2n) is 5.49. The molecule has 2 fully saturated rings. The molecule has 4 nitrogen and oxygen atoms in total.